The van der Waals surface area contributed by atoms with Crippen molar-refractivity contribution in [2.24, 2.45) is 11.5 Å². The average Bonchev–Trinajstić information content (AvgIpc) is 2.44. The summed E-state index contributed by atoms with van der Waals surface area (Å²) in [5.41, 5.74) is 10.7. The van der Waals surface area contributed by atoms with Crippen LogP contribution in [-0.4, -0.2) is 38.6 Å². The topological polar surface area (TPSA) is 55.3 Å². The van der Waals surface area contributed by atoms with Crippen molar-refractivity contribution in [3.8, 4) is 0 Å². The molecule has 0 radical (unpaired) electrons. The summed E-state index contributed by atoms with van der Waals surface area (Å²) in [6, 6.07) is 0. The second kappa shape index (κ2) is 21.2. The number of rotatable bonds is 13. The standard InChI is InChI=1S/C12H27N.C5H14N2/c1-2-3-4-5-6-7-8-9-10-11-12-13;1-7(2)5-3-4-6/h2-13H2,1H3;3-6H2,1-2H3. The van der Waals surface area contributed by atoms with Crippen LogP contribution < -0.4 is 11.5 Å². The first-order valence-electron chi connectivity index (χ1n) is 8.73. The largest absolute Gasteiger partial charge is 0.330 e. The van der Waals surface area contributed by atoms with Gasteiger partial charge in [0.15, 0.2) is 0 Å². The zero-order valence-electron chi connectivity index (χ0n) is 14.5. The maximum atomic E-state index is 5.42. The molecule has 0 aromatic rings. The van der Waals surface area contributed by atoms with E-state index in [-0.39, 0.29) is 0 Å². The van der Waals surface area contributed by atoms with E-state index in [1.165, 1.54) is 64.2 Å². The normalized spacial score (nSPS) is 10.5. The van der Waals surface area contributed by atoms with Gasteiger partial charge in [-0.15, -0.1) is 0 Å². The number of nitrogens with zero attached hydrogens (tertiary/aromatic N) is 1. The summed E-state index contributed by atoms with van der Waals surface area (Å²) in [6.07, 6.45) is 15.0. The molecule has 0 aliphatic heterocycles. The molecule has 3 nitrogen and oxygen atoms in total. The van der Waals surface area contributed by atoms with Gasteiger partial charge < -0.3 is 16.4 Å². The first-order chi connectivity index (χ1) is 9.68. The third-order valence-electron chi connectivity index (χ3n) is 3.37. The van der Waals surface area contributed by atoms with E-state index < -0.39 is 0 Å². The van der Waals surface area contributed by atoms with Gasteiger partial charge in [0, 0.05) is 0 Å². The van der Waals surface area contributed by atoms with Gasteiger partial charge in [-0.1, -0.05) is 64.7 Å². The van der Waals surface area contributed by atoms with E-state index in [1.807, 2.05) is 0 Å². The molecule has 0 aromatic heterocycles. The highest BCUT2D eigenvalue weighted by Crippen LogP contribution is 2.09. The predicted molar refractivity (Wildman–Crippen MR) is 93.1 cm³/mol. The third-order valence-corrected chi connectivity index (χ3v) is 3.37. The highest BCUT2D eigenvalue weighted by Gasteiger charge is 1.91. The first kappa shape index (κ1) is 22.2. The maximum absolute atomic E-state index is 5.42. The van der Waals surface area contributed by atoms with E-state index >= 15 is 0 Å². The molecule has 3 heteroatoms. The summed E-state index contributed by atoms with van der Waals surface area (Å²) in [6.45, 7) is 5.05. The zero-order chi connectivity index (χ0) is 15.5. The molecular formula is C17H41N3. The summed E-state index contributed by atoms with van der Waals surface area (Å²) < 4.78 is 0. The summed E-state index contributed by atoms with van der Waals surface area (Å²) in [7, 11) is 4.10. The van der Waals surface area contributed by atoms with Crippen molar-refractivity contribution in [3.63, 3.8) is 0 Å². The molecule has 20 heavy (non-hydrogen) atoms. The van der Waals surface area contributed by atoms with Crippen LogP contribution in [0.15, 0.2) is 0 Å². The Kier molecular flexibility index (Phi) is 23.5. The fraction of sp³-hybridized carbons (Fsp3) is 1.00. The molecule has 0 saturated carbocycles. The lowest BCUT2D eigenvalue weighted by Crippen LogP contribution is -2.16. The second-order valence-corrected chi connectivity index (χ2v) is 5.92. The van der Waals surface area contributed by atoms with E-state index in [1.54, 1.807) is 0 Å². The lowest BCUT2D eigenvalue weighted by atomic mass is 10.1. The monoisotopic (exact) mass is 287 g/mol. The van der Waals surface area contributed by atoms with E-state index in [4.69, 9.17) is 11.5 Å². The second-order valence-electron chi connectivity index (χ2n) is 5.92. The van der Waals surface area contributed by atoms with Gasteiger partial charge in [-0.05, 0) is 46.6 Å². The Morgan fingerprint density at radius 2 is 1.00 bits per heavy atom. The SMILES string of the molecule is CCCCCCCCCCCCN.CN(C)CCCN. The van der Waals surface area contributed by atoms with Gasteiger partial charge in [-0.2, -0.15) is 0 Å². The van der Waals surface area contributed by atoms with Crippen LogP contribution in [0.5, 0.6) is 0 Å². The van der Waals surface area contributed by atoms with Gasteiger partial charge >= 0.3 is 0 Å². The number of nitrogens with two attached hydrogens (primary N) is 2. The summed E-state index contributed by atoms with van der Waals surface area (Å²) in [5, 5.41) is 0. The summed E-state index contributed by atoms with van der Waals surface area (Å²) in [4.78, 5) is 2.13. The van der Waals surface area contributed by atoms with E-state index in [2.05, 4.69) is 25.9 Å². The Balaban J connectivity index is 0. The molecular weight excluding hydrogens is 246 g/mol. The van der Waals surface area contributed by atoms with Crippen molar-refractivity contribution >= 4 is 0 Å². The molecule has 0 fully saturated rings. The average molecular weight is 288 g/mol. The van der Waals surface area contributed by atoms with E-state index in [9.17, 15) is 0 Å². The Bertz CT molecular complexity index is 139. The van der Waals surface area contributed by atoms with E-state index in [0.29, 0.717) is 0 Å². The smallest absolute Gasteiger partial charge is 0.00128 e. The number of hydrogen-bond acceptors (Lipinski definition) is 3. The molecule has 124 valence electrons. The molecule has 0 bridgehead atoms. The van der Waals surface area contributed by atoms with Crippen molar-refractivity contribution in [1.29, 1.82) is 0 Å². The molecule has 0 aliphatic carbocycles. The minimum absolute atomic E-state index is 0.804. The molecule has 0 amide bonds. The lowest BCUT2D eigenvalue weighted by Gasteiger charge is -2.05. The van der Waals surface area contributed by atoms with E-state index in [0.717, 1.165) is 26.1 Å². The minimum atomic E-state index is 0.804. The van der Waals surface area contributed by atoms with Gasteiger partial charge in [0.05, 0.1) is 0 Å². The van der Waals surface area contributed by atoms with Crippen LogP contribution >= 0.6 is 0 Å². The highest BCUT2D eigenvalue weighted by molar-refractivity contribution is 4.47. The van der Waals surface area contributed by atoms with Crippen LogP contribution in [0.25, 0.3) is 0 Å². The maximum Gasteiger partial charge on any atom is -0.00128 e. The Labute approximate surface area is 128 Å². The van der Waals surface area contributed by atoms with Crippen molar-refractivity contribution in [2.75, 3.05) is 33.7 Å². The molecule has 0 saturated heterocycles. The molecule has 0 heterocycles. The van der Waals surface area contributed by atoms with Gasteiger partial charge in [0.1, 0.15) is 0 Å². The van der Waals surface area contributed by atoms with Crippen molar-refractivity contribution in [2.45, 2.75) is 77.6 Å². The minimum Gasteiger partial charge on any atom is -0.330 e. The number of unbranched alkanes of at least 4 members (excludes halogenated alkanes) is 9. The van der Waals surface area contributed by atoms with Crippen LogP contribution in [0, 0.1) is 0 Å². The Hall–Kier alpha value is -0.120. The van der Waals surface area contributed by atoms with Gasteiger partial charge in [-0.25, -0.2) is 0 Å². The lowest BCUT2D eigenvalue weighted by molar-refractivity contribution is 0.403. The zero-order valence-corrected chi connectivity index (χ0v) is 14.5. The molecule has 0 unspecified atom stereocenters. The first-order valence-corrected chi connectivity index (χ1v) is 8.73. The molecule has 0 atom stereocenters. The number of hydrogen-bond donors (Lipinski definition) is 2. The van der Waals surface area contributed by atoms with Crippen LogP contribution in [-0.2, 0) is 0 Å². The van der Waals surface area contributed by atoms with Crippen LogP contribution in [0.4, 0.5) is 0 Å². The quantitative estimate of drug-likeness (QED) is 0.507. The molecule has 0 rings (SSSR count). The van der Waals surface area contributed by atoms with Gasteiger partial charge in [0.25, 0.3) is 0 Å². The molecule has 0 aliphatic rings. The van der Waals surface area contributed by atoms with Gasteiger partial charge in [-0.3, -0.25) is 0 Å². The summed E-state index contributed by atoms with van der Waals surface area (Å²) in [5.74, 6) is 0. The van der Waals surface area contributed by atoms with Crippen LogP contribution in [0.2, 0.25) is 0 Å². The van der Waals surface area contributed by atoms with Crippen LogP contribution in [0.3, 0.4) is 0 Å². The van der Waals surface area contributed by atoms with Crippen molar-refractivity contribution in [3.05, 3.63) is 0 Å². The summed E-state index contributed by atoms with van der Waals surface area (Å²) >= 11 is 0. The Morgan fingerprint density at radius 3 is 1.30 bits per heavy atom. The molecule has 4 N–H and O–H groups in total. The van der Waals surface area contributed by atoms with Gasteiger partial charge in [0.2, 0.25) is 0 Å². The fourth-order valence-electron chi connectivity index (χ4n) is 2.04. The Morgan fingerprint density at radius 1 is 0.600 bits per heavy atom. The van der Waals surface area contributed by atoms with Crippen molar-refractivity contribution in [1.82, 2.24) is 4.90 Å². The fourth-order valence-corrected chi connectivity index (χ4v) is 2.04. The predicted octanol–water partition coefficient (Wildman–Crippen LogP) is 3.76. The molecule has 0 aromatic carbocycles. The van der Waals surface area contributed by atoms with Crippen molar-refractivity contribution < 1.29 is 0 Å². The highest BCUT2D eigenvalue weighted by atomic mass is 15.0. The van der Waals surface area contributed by atoms with Crippen LogP contribution in [0.1, 0.15) is 77.6 Å². The third kappa shape index (κ3) is 26.4. The molecule has 0 spiro atoms.